The van der Waals surface area contributed by atoms with Gasteiger partial charge in [-0.05, 0) is 48.1 Å². The van der Waals surface area contributed by atoms with E-state index in [2.05, 4.69) is 22.5 Å². The van der Waals surface area contributed by atoms with Crippen LogP contribution < -0.4 is 16.1 Å². The largest absolute Gasteiger partial charge is 0.478 e. The Bertz CT molecular complexity index is 1620. The fourth-order valence-corrected chi connectivity index (χ4v) is 5.43. The first-order chi connectivity index (χ1) is 22.7. The smallest absolute Gasteiger partial charge is 0.335 e. The highest BCUT2D eigenvalue weighted by molar-refractivity contribution is 5.93. The van der Waals surface area contributed by atoms with Gasteiger partial charge in [0.05, 0.1) is 11.8 Å². The van der Waals surface area contributed by atoms with Crippen molar-refractivity contribution < 1.29 is 29.5 Å². The molecule has 2 atom stereocenters. The molecule has 0 saturated carbocycles. The number of rotatable bonds is 17. The Morgan fingerprint density at radius 3 is 1.89 bits per heavy atom. The lowest BCUT2D eigenvalue weighted by molar-refractivity contribution is -0.130. The highest BCUT2D eigenvalue weighted by atomic mass is 16.5. The second-order valence-corrected chi connectivity index (χ2v) is 11.5. The number of benzene rings is 3. The number of carboxylic acids is 1. The third kappa shape index (κ3) is 10.6. The third-order valence-corrected chi connectivity index (χ3v) is 7.80. The zero-order valence-corrected chi connectivity index (χ0v) is 26.4. The van der Waals surface area contributed by atoms with E-state index in [1.165, 1.54) is 18.3 Å². The molecule has 0 fully saturated rings. The number of aromatic carboxylic acids is 1. The van der Waals surface area contributed by atoms with Gasteiger partial charge in [-0.2, -0.15) is 0 Å². The molecule has 11 heteroatoms. The molecule has 11 nitrogen and oxygen atoms in total. The van der Waals surface area contributed by atoms with Gasteiger partial charge in [0.15, 0.2) is 0 Å². The van der Waals surface area contributed by atoms with Crippen molar-refractivity contribution in [3.05, 3.63) is 125 Å². The van der Waals surface area contributed by atoms with Crippen molar-refractivity contribution in [1.29, 1.82) is 0 Å². The molecule has 3 aromatic carbocycles. The molecule has 1 aromatic heterocycles. The van der Waals surface area contributed by atoms with Crippen molar-refractivity contribution in [2.75, 3.05) is 0 Å². The summed E-state index contributed by atoms with van der Waals surface area (Å²) in [4.78, 5) is 55.2. The van der Waals surface area contributed by atoms with Crippen molar-refractivity contribution in [3.8, 4) is 0 Å². The van der Waals surface area contributed by atoms with E-state index < -0.39 is 29.9 Å². The van der Waals surface area contributed by atoms with Crippen LogP contribution in [0.15, 0.2) is 91.1 Å². The molecule has 4 rings (SSSR count). The Hall–Kier alpha value is -5.29. The lowest BCUT2D eigenvalue weighted by Gasteiger charge is -2.22. The Kier molecular flexibility index (Phi) is 12.8. The summed E-state index contributed by atoms with van der Waals surface area (Å²) in [6.45, 7) is 2.39. The molecule has 0 spiro atoms. The fourth-order valence-electron chi connectivity index (χ4n) is 5.43. The van der Waals surface area contributed by atoms with Crippen LogP contribution in [0.4, 0.5) is 0 Å². The Morgan fingerprint density at radius 2 is 1.34 bits per heavy atom. The summed E-state index contributed by atoms with van der Waals surface area (Å²) in [6, 6.07) is 24.3. The molecule has 3 amide bonds. The van der Waals surface area contributed by atoms with E-state index in [0.717, 1.165) is 35.4 Å². The van der Waals surface area contributed by atoms with Gasteiger partial charge in [0.1, 0.15) is 11.5 Å². The van der Waals surface area contributed by atoms with Crippen molar-refractivity contribution >= 4 is 23.7 Å². The van der Waals surface area contributed by atoms with Crippen LogP contribution in [-0.2, 0) is 35.4 Å². The third-order valence-electron chi connectivity index (χ3n) is 7.80. The van der Waals surface area contributed by atoms with Crippen LogP contribution >= 0.6 is 0 Å². The number of carboxylic acid groups (broad SMARTS) is 1. The van der Waals surface area contributed by atoms with E-state index in [4.69, 9.17) is 5.21 Å². The summed E-state index contributed by atoms with van der Waals surface area (Å²) in [7, 11) is 0. The summed E-state index contributed by atoms with van der Waals surface area (Å²) in [6.07, 6.45) is 4.61. The maximum atomic E-state index is 13.9. The molecule has 0 radical (unpaired) electrons. The molecular weight excluding hydrogens is 598 g/mol. The van der Waals surface area contributed by atoms with E-state index in [0.29, 0.717) is 31.5 Å². The molecule has 47 heavy (non-hydrogen) atoms. The number of nitrogens with one attached hydrogen (secondary N) is 3. The summed E-state index contributed by atoms with van der Waals surface area (Å²) in [5, 5.41) is 24.4. The number of aromatic nitrogens is 2. The summed E-state index contributed by atoms with van der Waals surface area (Å²) in [5.41, 5.74) is 4.81. The first kappa shape index (κ1) is 34.6. The Balaban J connectivity index is 1.54. The van der Waals surface area contributed by atoms with Crippen LogP contribution in [-0.4, -0.2) is 55.6 Å². The predicted molar refractivity (Wildman–Crippen MR) is 176 cm³/mol. The highest BCUT2D eigenvalue weighted by Gasteiger charge is 2.24. The summed E-state index contributed by atoms with van der Waals surface area (Å²) >= 11 is 0. The first-order valence-electron chi connectivity index (χ1n) is 15.7. The molecule has 4 aromatic rings. The van der Waals surface area contributed by atoms with Gasteiger partial charge >= 0.3 is 5.97 Å². The quantitative estimate of drug-likeness (QED) is 0.0849. The van der Waals surface area contributed by atoms with Gasteiger partial charge in [-0.3, -0.25) is 19.6 Å². The molecule has 0 aliphatic carbocycles. The molecule has 0 aliphatic heterocycles. The van der Waals surface area contributed by atoms with Crippen molar-refractivity contribution in [1.82, 2.24) is 25.7 Å². The second kappa shape index (κ2) is 17.4. The van der Waals surface area contributed by atoms with Crippen LogP contribution in [0, 0.1) is 0 Å². The van der Waals surface area contributed by atoms with Gasteiger partial charge in [0.25, 0.3) is 5.91 Å². The number of carbonyl (C=O) groups is 4. The van der Waals surface area contributed by atoms with Gasteiger partial charge in [-0.15, -0.1) is 0 Å². The molecule has 0 unspecified atom stereocenters. The highest BCUT2D eigenvalue weighted by Crippen LogP contribution is 2.16. The van der Waals surface area contributed by atoms with Crippen LogP contribution in [0.2, 0.25) is 0 Å². The second-order valence-electron chi connectivity index (χ2n) is 11.5. The van der Waals surface area contributed by atoms with Crippen LogP contribution in [0.1, 0.15) is 76.0 Å². The Labute approximate surface area is 274 Å². The van der Waals surface area contributed by atoms with E-state index >= 15 is 0 Å². The number of carbonyl (C=O) groups excluding carboxylic acids is 3. The number of nitrogens with zero attached hydrogens (tertiary/aromatic N) is 2. The summed E-state index contributed by atoms with van der Waals surface area (Å²) < 4.78 is 1.84. The first-order valence-corrected chi connectivity index (χ1v) is 15.7. The van der Waals surface area contributed by atoms with Gasteiger partial charge < -0.3 is 20.3 Å². The van der Waals surface area contributed by atoms with Gasteiger partial charge in [-0.1, -0.05) is 86.1 Å². The number of amides is 3. The average Bonchev–Trinajstić information content (AvgIpc) is 3.46. The number of hydrogen-bond acceptors (Lipinski definition) is 6. The zero-order valence-electron chi connectivity index (χ0n) is 26.4. The topological polar surface area (TPSA) is 163 Å². The molecular formula is C36H41N5O6. The van der Waals surface area contributed by atoms with Crippen molar-refractivity contribution in [2.45, 2.75) is 70.5 Å². The fraction of sp³-hybridized carbons (Fsp3) is 0.306. The van der Waals surface area contributed by atoms with Crippen molar-refractivity contribution in [2.24, 2.45) is 0 Å². The minimum absolute atomic E-state index is 0.0554. The number of hydrogen-bond donors (Lipinski definition) is 5. The average molecular weight is 640 g/mol. The maximum Gasteiger partial charge on any atom is 0.335 e. The van der Waals surface area contributed by atoms with Crippen LogP contribution in [0.25, 0.3) is 0 Å². The predicted octanol–water partition coefficient (Wildman–Crippen LogP) is 4.33. The maximum absolute atomic E-state index is 13.9. The number of unbranched alkanes of at least 4 members (excludes halogenated alkanes) is 1. The van der Waals surface area contributed by atoms with Crippen LogP contribution in [0.5, 0.6) is 0 Å². The normalized spacial score (nSPS) is 12.1. The van der Waals surface area contributed by atoms with E-state index in [1.54, 1.807) is 17.6 Å². The summed E-state index contributed by atoms with van der Waals surface area (Å²) in [5.74, 6) is -1.64. The van der Waals surface area contributed by atoms with E-state index in [9.17, 15) is 24.3 Å². The molecule has 0 aliphatic rings. The lowest BCUT2D eigenvalue weighted by atomic mass is 10.0. The van der Waals surface area contributed by atoms with Crippen molar-refractivity contribution in [3.63, 3.8) is 0 Å². The lowest BCUT2D eigenvalue weighted by Crippen LogP contribution is -2.45. The molecule has 0 bridgehead atoms. The number of imidazole rings is 1. The minimum Gasteiger partial charge on any atom is -0.478 e. The standard InChI is InChI=1S/C36H41N5O6/c1-2-3-14-32-37-23-31(41(32)24-27-15-17-28(18-16-27)36(45)46)35(44)39-30(20-26-12-8-5-9-13-26)21-33(42)38-29(22-34(43)40-47)19-25-10-6-4-7-11-25/h4-13,15-18,23,29-30,47H,2-3,14,19-22,24H2,1H3,(H,38,42)(H,39,44)(H,40,43)(H,45,46)/t29-,30+/m1/s1. The molecule has 5 N–H and O–H groups in total. The van der Waals surface area contributed by atoms with Gasteiger partial charge in [-0.25, -0.2) is 15.3 Å². The van der Waals surface area contributed by atoms with Gasteiger partial charge in [0, 0.05) is 37.9 Å². The Morgan fingerprint density at radius 1 is 0.766 bits per heavy atom. The van der Waals surface area contributed by atoms with Crippen LogP contribution in [0.3, 0.4) is 0 Å². The van der Waals surface area contributed by atoms with E-state index in [1.807, 2.05) is 65.2 Å². The SMILES string of the molecule is CCCCc1ncc(C(=O)N[C@H](CC(=O)N[C@@H](CC(=O)NO)Cc2ccccc2)Cc2ccccc2)n1Cc1ccc(C(=O)O)cc1. The van der Waals surface area contributed by atoms with Gasteiger partial charge in [0.2, 0.25) is 11.8 Å². The van der Waals surface area contributed by atoms with E-state index in [-0.39, 0.29) is 24.3 Å². The minimum atomic E-state index is -1.01. The molecule has 1 heterocycles. The number of aryl methyl sites for hydroxylation is 1. The monoisotopic (exact) mass is 639 g/mol. The zero-order chi connectivity index (χ0) is 33.6. The molecule has 0 saturated heterocycles. The number of hydroxylamine groups is 1. The molecule has 246 valence electrons.